The lowest BCUT2D eigenvalue weighted by Crippen LogP contribution is -2.12. The number of hydrogen-bond acceptors (Lipinski definition) is 2. The van der Waals surface area contributed by atoms with Crippen LogP contribution in [-0.2, 0) is 4.79 Å². The lowest BCUT2D eigenvalue weighted by atomic mass is 9.98. The van der Waals surface area contributed by atoms with E-state index in [2.05, 4.69) is 0 Å². The van der Waals surface area contributed by atoms with E-state index < -0.39 is 5.97 Å². The van der Waals surface area contributed by atoms with Crippen LogP contribution in [0.4, 0.5) is 0 Å². The molecule has 1 unspecified atom stereocenters. The second-order valence-corrected chi connectivity index (χ2v) is 4.43. The van der Waals surface area contributed by atoms with E-state index >= 15 is 0 Å². The summed E-state index contributed by atoms with van der Waals surface area (Å²) in [6, 6.07) is 0. The molecule has 0 saturated carbocycles. The zero-order valence-electron chi connectivity index (χ0n) is 10.5. The third-order valence-corrected chi connectivity index (χ3v) is 3.05. The molecular formula is C13H26O3. The van der Waals surface area contributed by atoms with Crippen LogP contribution in [0.15, 0.2) is 0 Å². The molecule has 0 aliphatic carbocycles. The van der Waals surface area contributed by atoms with Crippen LogP contribution in [0.5, 0.6) is 0 Å². The topological polar surface area (TPSA) is 57.5 Å². The van der Waals surface area contributed by atoms with Crippen molar-refractivity contribution >= 4 is 5.97 Å². The van der Waals surface area contributed by atoms with Gasteiger partial charge in [-0.25, -0.2) is 0 Å². The second-order valence-electron chi connectivity index (χ2n) is 4.43. The number of aliphatic hydroxyl groups excluding tert-OH is 1. The zero-order valence-corrected chi connectivity index (χ0v) is 10.5. The van der Waals surface area contributed by atoms with Gasteiger partial charge in [0.2, 0.25) is 0 Å². The van der Waals surface area contributed by atoms with E-state index in [4.69, 9.17) is 10.2 Å². The van der Waals surface area contributed by atoms with Crippen LogP contribution in [0.1, 0.15) is 64.7 Å². The number of carbonyl (C=O) groups is 1. The Hall–Kier alpha value is -0.570. The second kappa shape index (κ2) is 10.9. The largest absolute Gasteiger partial charge is 0.481 e. The van der Waals surface area contributed by atoms with Crippen molar-refractivity contribution in [3.05, 3.63) is 0 Å². The Morgan fingerprint density at radius 1 is 1.00 bits per heavy atom. The van der Waals surface area contributed by atoms with Gasteiger partial charge in [0.1, 0.15) is 0 Å². The quantitative estimate of drug-likeness (QED) is 0.536. The summed E-state index contributed by atoms with van der Waals surface area (Å²) in [4.78, 5) is 10.7. The summed E-state index contributed by atoms with van der Waals surface area (Å²) in [5.74, 6) is -0.792. The molecular weight excluding hydrogens is 204 g/mol. The summed E-state index contributed by atoms with van der Waals surface area (Å²) >= 11 is 0. The van der Waals surface area contributed by atoms with Crippen LogP contribution in [0.2, 0.25) is 0 Å². The van der Waals surface area contributed by atoms with E-state index in [1.54, 1.807) is 0 Å². The van der Waals surface area contributed by atoms with Gasteiger partial charge in [-0.3, -0.25) is 4.79 Å². The van der Waals surface area contributed by atoms with Crippen molar-refractivity contribution in [2.24, 2.45) is 5.92 Å². The standard InChI is InChI=1S/C13H26O3/c1-2-12(13(15)16)10-8-6-4-3-5-7-9-11-14/h12,14H,2-11H2,1H3,(H,15,16). The Morgan fingerprint density at radius 2 is 1.50 bits per heavy atom. The van der Waals surface area contributed by atoms with E-state index in [9.17, 15) is 4.79 Å². The number of aliphatic carboxylic acids is 1. The molecule has 3 nitrogen and oxygen atoms in total. The van der Waals surface area contributed by atoms with Gasteiger partial charge in [-0.1, -0.05) is 45.4 Å². The van der Waals surface area contributed by atoms with Gasteiger partial charge < -0.3 is 10.2 Å². The van der Waals surface area contributed by atoms with Gasteiger partial charge in [-0.15, -0.1) is 0 Å². The highest BCUT2D eigenvalue weighted by molar-refractivity contribution is 5.69. The minimum atomic E-state index is -0.648. The molecule has 0 aromatic carbocycles. The van der Waals surface area contributed by atoms with Crippen LogP contribution in [-0.4, -0.2) is 22.8 Å². The summed E-state index contributed by atoms with van der Waals surface area (Å²) in [7, 11) is 0. The summed E-state index contributed by atoms with van der Waals surface area (Å²) in [5, 5.41) is 17.4. The Labute approximate surface area is 98.9 Å². The zero-order chi connectivity index (χ0) is 12.2. The first-order valence-electron chi connectivity index (χ1n) is 6.56. The number of aliphatic hydroxyl groups is 1. The van der Waals surface area contributed by atoms with Crippen molar-refractivity contribution in [2.75, 3.05) is 6.61 Å². The molecule has 0 saturated heterocycles. The Balaban J connectivity index is 3.22. The average Bonchev–Trinajstić information content (AvgIpc) is 2.26. The molecule has 0 aromatic heterocycles. The minimum absolute atomic E-state index is 0.144. The number of hydrogen-bond donors (Lipinski definition) is 2. The predicted molar refractivity (Wildman–Crippen MR) is 65.4 cm³/mol. The van der Waals surface area contributed by atoms with Gasteiger partial charge in [0.05, 0.1) is 5.92 Å². The van der Waals surface area contributed by atoms with E-state index in [0.717, 1.165) is 38.5 Å². The Kier molecular flexibility index (Phi) is 10.5. The smallest absolute Gasteiger partial charge is 0.306 e. The average molecular weight is 230 g/mol. The molecule has 0 radical (unpaired) electrons. The van der Waals surface area contributed by atoms with Gasteiger partial charge in [0, 0.05) is 6.61 Å². The fourth-order valence-corrected chi connectivity index (χ4v) is 1.89. The number of carboxylic acids is 1. The minimum Gasteiger partial charge on any atom is -0.481 e. The molecule has 0 aliphatic heterocycles. The normalized spacial score (nSPS) is 12.6. The van der Waals surface area contributed by atoms with Crippen molar-refractivity contribution in [1.29, 1.82) is 0 Å². The monoisotopic (exact) mass is 230 g/mol. The van der Waals surface area contributed by atoms with Crippen molar-refractivity contribution in [2.45, 2.75) is 64.7 Å². The third-order valence-electron chi connectivity index (χ3n) is 3.05. The van der Waals surface area contributed by atoms with Crippen LogP contribution in [0, 0.1) is 5.92 Å². The lowest BCUT2D eigenvalue weighted by Gasteiger charge is -2.08. The molecule has 0 rings (SSSR count). The lowest BCUT2D eigenvalue weighted by molar-refractivity contribution is -0.142. The highest BCUT2D eigenvalue weighted by atomic mass is 16.4. The van der Waals surface area contributed by atoms with E-state index in [-0.39, 0.29) is 5.92 Å². The van der Waals surface area contributed by atoms with Crippen LogP contribution >= 0.6 is 0 Å². The fraction of sp³-hybridized carbons (Fsp3) is 0.923. The molecule has 96 valence electrons. The summed E-state index contributed by atoms with van der Waals surface area (Å²) in [6.07, 6.45) is 9.37. The summed E-state index contributed by atoms with van der Waals surface area (Å²) in [6.45, 7) is 2.24. The highest BCUT2D eigenvalue weighted by Gasteiger charge is 2.13. The maximum Gasteiger partial charge on any atom is 0.306 e. The Morgan fingerprint density at radius 3 is 1.94 bits per heavy atom. The first-order chi connectivity index (χ1) is 7.72. The predicted octanol–water partition coefficient (Wildman–Crippen LogP) is 3.21. The molecule has 2 N–H and O–H groups in total. The van der Waals surface area contributed by atoms with Gasteiger partial charge in [-0.05, 0) is 19.3 Å². The van der Waals surface area contributed by atoms with Crippen LogP contribution < -0.4 is 0 Å². The summed E-state index contributed by atoms with van der Waals surface area (Å²) in [5.41, 5.74) is 0. The van der Waals surface area contributed by atoms with Gasteiger partial charge >= 0.3 is 5.97 Å². The van der Waals surface area contributed by atoms with Crippen LogP contribution in [0.25, 0.3) is 0 Å². The van der Waals surface area contributed by atoms with E-state index in [0.29, 0.717) is 6.61 Å². The molecule has 0 fully saturated rings. The number of rotatable bonds is 11. The molecule has 0 bridgehead atoms. The molecule has 16 heavy (non-hydrogen) atoms. The maximum absolute atomic E-state index is 10.7. The third kappa shape index (κ3) is 8.72. The van der Waals surface area contributed by atoms with E-state index in [1.165, 1.54) is 19.3 Å². The highest BCUT2D eigenvalue weighted by Crippen LogP contribution is 2.15. The molecule has 0 aliphatic rings. The summed E-state index contributed by atoms with van der Waals surface area (Å²) < 4.78 is 0. The van der Waals surface area contributed by atoms with Crippen molar-refractivity contribution in [3.8, 4) is 0 Å². The first-order valence-corrected chi connectivity index (χ1v) is 6.56. The first kappa shape index (κ1) is 15.4. The molecule has 3 heteroatoms. The number of unbranched alkanes of at least 4 members (excludes halogenated alkanes) is 6. The number of carboxylic acid groups (broad SMARTS) is 1. The molecule has 0 aromatic rings. The van der Waals surface area contributed by atoms with Crippen molar-refractivity contribution in [1.82, 2.24) is 0 Å². The maximum atomic E-state index is 10.7. The van der Waals surface area contributed by atoms with Crippen LogP contribution in [0.3, 0.4) is 0 Å². The van der Waals surface area contributed by atoms with Gasteiger partial charge in [0.15, 0.2) is 0 Å². The molecule has 0 amide bonds. The fourth-order valence-electron chi connectivity index (χ4n) is 1.89. The molecule has 1 atom stereocenters. The Bertz CT molecular complexity index is 169. The van der Waals surface area contributed by atoms with Crippen molar-refractivity contribution < 1.29 is 15.0 Å². The van der Waals surface area contributed by atoms with E-state index in [1.807, 2.05) is 6.92 Å². The molecule has 0 heterocycles. The SMILES string of the molecule is CCC(CCCCCCCCCO)C(=O)O. The van der Waals surface area contributed by atoms with Gasteiger partial charge in [0.25, 0.3) is 0 Å². The molecule has 0 spiro atoms. The van der Waals surface area contributed by atoms with Crippen molar-refractivity contribution in [3.63, 3.8) is 0 Å². The van der Waals surface area contributed by atoms with Gasteiger partial charge in [-0.2, -0.15) is 0 Å².